The molecule has 2 rings (SSSR count). The first-order valence-electron chi connectivity index (χ1n) is 5.58. The van der Waals surface area contributed by atoms with Crippen LogP contribution in [0.1, 0.15) is 20.7 Å². The van der Waals surface area contributed by atoms with Gasteiger partial charge in [-0.1, -0.05) is 12.1 Å². The molecule has 0 saturated heterocycles. The zero-order chi connectivity index (χ0) is 15.1. The molecule has 6 heteroatoms. The molecule has 6 N–H and O–H groups in total. The van der Waals surface area contributed by atoms with Crippen molar-refractivity contribution in [3.05, 3.63) is 59.7 Å². The van der Waals surface area contributed by atoms with Gasteiger partial charge in [-0.15, -0.1) is 0 Å². The van der Waals surface area contributed by atoms with E-state index in [0.717, 1.165) is 11.4 Å². The van der Waals surface area contributed by atoms with E-state index in [0.29, 0.717) is 0 Å². The first kappa shape index (κ1) is 15.0. The van der Waals surface area contributed by atoms with E-state index < -0.39 is 11.9 Å². The van der Waals surface area contributed by atoms with E-state index in [9.17, 15) is 9.59 Å². The summed E-state index contributed by atoms with van der Waals surface area (Å²) in [4.78, 5) is 20.9. The molecule has 0 spiro atoms. The summed E-state index contributed by atoms with van der Waals surface area (Å²) in [5.74, 6) is -2.46. The van der Waals surface area contributed by atoms with Crippen molar-refractivity contribution in [3.8, 4) is 0 Å². The highest BCUT2D eigenvalue weighted by Crippen LogP contribution is 2.08. The van der Waals surface area contributed by atoms with Crippen molar-refractivity contribution < 1.29 is 19.8 Å². The third-order valence-electron chi connectivity index (χ3n) is 2.32. The van der Waals surface area contributed by atoms with Crippen molar-refractivity contribution in [1.29, 1.82) is 0 Å². The summed E-state index contributed by atoms with van der Waals surface area (Å²) < 4.78 is 0. The standard InChI is InChI=1S/C8H6O4.C6H8N2/c9-7(10)5-3-1-2-4-6(5)8(11)12;7-5-1-2-6(8)4-3-5/h1-4H,(H,9,10)(H,11,12);1-4H,7-8H2. The molecule has 104 valence electrons. The van der Waals surface area contributed by atoms with Gasteiger partial charge in [0.25, 0.3) is 0 Å². The van der Waals surface area contributed by atoms with Gasteiger partial charge in [0.15, 0.2) is 0 Å². The molecule has 2 aromatic carbocycles. The lowest BCUT2D eigenvalue weighted by molar-refractivity contribution is 0.0651. The molecule has 0 bridgehead atoms. The van der Waals surface area contributed by atoms with E-state index in [1.807, 2.05) is 0 Å². The molecule has 0 radical (unpaired) electrons. The third-order valence-corrected chi connectivity index (χ3v) is 2.32. The maximum Gasteiger partial charge on any atom is 0.336 e. The first-order valence-corrected chi connectivity index (χ1v) is 5.58. The monoisotopic (exact) mass is 274 g/mol. The zero-order valence-corrected chi connectivity index (χ0v) is 10.5. The van der Waals surface area contributed by atoms with Gasteiger partial charge in [-0.2, -0.15) is 0 Å². The van der Waals surface area contributed by atoms with Gasteiger partial charge in [-0.05, 0) is 36.4 Å². The minimum absolute atomic E-state index is 0.190. The fraction of sp³-hybridized carbons (Fsp3) is 0. The van der Waals surface area contributed by atoms with Crippen LogP contribution in [0.3, 0.4) is 0 Å². The number of carboxylic acids is 2. The number of hydrogen-bond acceptors (Lipinski definition) is 4. The van der Waals surface area contributed by atoms with Gasteiger partial charge in [0, 0.05) is 11.4 Å². The second-order valence-corrected chi connectivity index (χ2v) is 3.82. The Balaban J connectivity index is 0.000000217. The van der Waals surface area contributed by atoms with Crippen LogP contribution in [0.15, 0.2) is 48.5 Å². The molecule has 2 aromatic rings. The maximum absolute atomic E-state index is 10.5. The second kappa shape index (κ2) is 6.79. The molecule has 0 heterocycles. The highest BCUT2D eigenvalue weighted by Gasteiger charge is 2.13. The summed E-state index contributed by atoms with van der Waals surface area (Å²) in [6, 6.07) is 12.6. The van der Waals surface area contributed by atoms with E-state index in [1.54, 1.807) is 24.3 Å². The normalized spacial score (nSPS) is 9.20. The summed E-state index contributed by atoms with van der Waals surface area (Å²) in [5, 5.41) is 17.1. The lowest BCUT2D eigenvalue weighted by Gasteiger charge is -1.98. The fourth-order valence-electron chi connectivity index (χ4n) is 1.35. The number of rotatable bonds is 2. The molecular formula is C14H14N2O4. The number of carboxylic acid groups (broad SMARTS) is 2. The van der Waals surface area contributed by atoms with Gasteiger partial charge in [0.05, 0.1) is 11.1 Å². The fourth-order valence-corrected chi connectivity index (χ4v) is 1.35. The smallest absolute Gasteiger partial charge is 0.336 e. The van der Waals surface area contributed by atoms with E-state index in [4.69, 9.17) is 21.7 Å². The van der Waals surface area contributed by atoms with Crippen LogP contribution in [0.4, 0.5) is 11.4 Å². The molecule has 0 saturated carbocycles. The van der Waals surface area contributed by atoms with Gasteiger partial charge >= 0.3 is 11.9 Å². The molecule has 0 aliphatic heterocycles. The molecule has 0 unspecified atom stereocenters. The van der Waals surface area contributed by atoms with E-state index in [2.05, 4.69) is 0 Å². The van der Waals surface area contributed by atoms with Crippen LogP contribution >= 0.6 is 0 Å². The Morgan fingerprint density at radius 3 is 1.25 bits per heavy atom. The van der Waals surface area contributed by atoms with E-state index in [1.165, 1.54) is 24.3 Å². The van der Waals surface area contributed by atoms with Crippen LogP contribution in [0.25, 0.3) is 0 Å². The number of anilines is 2. The minimum atomic E-state index is -1.23. The van der Waals surface area contributed by atoms with Crippen LogP contribution in [0.5, 0.6) is 0 Å². The maximum atomic E-state index is 10.5. The molecular weight excluding hydrogens is 260 g/mol. The predicted molar refractivity (Wildman–Crippen MR) is 75.6 cm³/mol. The second-order valence-electron chi connectivity index (χ2n) is 3.82. The highest BCUT2D eigenvalue weighted by molar-refractivity contribution is 6.01. The van der Waals surface area contributed by atoms with Crippen LogP contribution in [-0.2, 0) is 0 Å². The first-order chi connectivity index (χ1) is 9.41. The average Bonchev–Trinajstić information content (AvgIpc) is 2.42. The quantitative estimate of drug-likeness (QED) is 0.620. The Bertz CT molecular complexity index is 555. The molecule has 20 heavy (non-hydrogen) atoms. The lowest BCUT2D eigenvalue weighted by atomic mass is 10.1. The van der Waals surface area contributed by atoms with Crippen LogP contribution < -0.4 is 11.5 Å². The van der Waals surface area contributed by atoms with Crippen molar-refractivity contribution >= 4 is 23.3 Å². The molecule has 0 aliphatic carbocycles. The number of nitrogen functional groups attached to an aromatic ring is 2. The molecule has 0 fully saturated rings. The van der Waals surface area contributed by atoms with Crippen molar-refractivity contribution in [2.24, 2.45) is 0 Å². The van der Waals surface area contributed by atoms with Crippen molar-refractivity contribution in [2.45, 2.75) is 0 Å². The number of carbonyl (C=O) groups is 2. The van der Waals surface area contributed by atoms with Gasteiger partial charge < -0.3 is 21.7 Å². The van der Waals surface area contributed by atoms with Crippen LogP contribution in [0, 0.1) is 0 Å². The summed E-state index contributed by atoms with van der Waals surface area (Å²) in [7, 11) is 0. The predicted octanol–water partition coefficient (Wildman–Crippen LogP) is 1.93. The van der Waals surface area contributed by atoms with Crippen molar-refractivity contribution in [3.63, 3.8) is 0 Å². The topological polar surface area (TPSA) is 127 Å². The summed E-state index contributed by atoms with van der Waals surface area (Å²) in [6.45, 7) is 0. The number of aromatic carboxylic acids is 2. The Labute approximate surface area is 115 Å². The van der Waals surface area contributed by atoms with Crippen molar-refractivity contribution in [2.75, 3.05) is 11.5 Å². The van der Waals surface area contributed by atoms with Crippen molar-refractivity contribution in [1.82, 2.24) is 0 Å². The SMILES string of the molecule is Nc1ccc(N)cc1.O=C(O)c1ccccc1C(=O)O. The highest BCUT2D eigenvalue weighted by atomic mass is 16.4. The lowest BCUT2D eigenvalue weighted by Crippen LogP contribution is -2.06. The Morgan fingerprint density at radius 1 is 0.700 bits per heavy atom. The zero-order valence-electron chi connectivity index (χ0n) is 10.5. The largest absolute Gasteiger partial charge is 0.478 e. The van der Waals surface area contributed by atoms with Gasteiger partial charge in [-0.3, -0.25) is 0 Å². The summed E-state index contributed by atoms with van der Waals surface area (Å²) >= 11 is 0. The van der Waals surface area contributed by atoms with Gasteiger partial charge in [-0.25, -0.2) is 9.59 Å². The van der Waals surface area contributed by atoms with Gasteiger partial charge in [0.2, 0.25) is 0 Å². The van der Waals surface area contributed by atoms with Crippen LogP contribution in [-0.4, -0.2) is 22.2 Å². The van der Waals surface area contributed by atoms with E-state index in [-0.39, 0.29) is 11.1 Å². The summed E-state index contributed by atoms with van der Waals surface area (Å²) in [6.07, 6.45) is 0. The van der Waals surface area contributed by atoms with Crippen LogP contribution in [0.2, 0.25) is 0 Å². The Hall–Kier alpha value is -3.02. The molecule has 0 aliphatic rings. The molecule has 0 atom stereocenters. The molecule has 0 amide bonds. The Morgan fingerprint density at radius 2 is 1.00 bits per heavy atom. The molecule has 6 nitrogen and oxygen atoms in total. The molecule has 0 aromatic heterocycles. The van der Waals surface area contributed by atoms with Gasteiger partial charge in [0.1, 0.15) is 0 Å². The Kier molecular flexibility index (Phi) is 5.11. The number of nitrogens with two attached hydrogens (primary N) is 2. The summed E-state index contributed by atoms with van der Waals surface area (Å²) in [5.41, 5.74) is 11.9. The van der Waals surface area contributed by atoms with E-state index >= 15 is 0 Å². The number of hydrogen-bond donors (Lipinski definition) is 4. The third kappa shape index (κ3) is 4.34. The average molecular weight is 274 g/mol. The number of benzene rings is 2. The minimum Gasteiger partial charge on any atom is -0.478 e.